The lowest BCUT2D eigenvalue weighted by Crippen LogP contribution is -2.30. The van der Waals surface area contributed by atoms with Crippen molar-refractivity contribution in [2.45, 2.75) is 26.3 Å². The number of anilines is 1. The second-order valence-electron chi connectivity index (χ2n) is 7.22. The zero-order valence-corrected chi connectivity index (χ0v) is 16.2. The van der Waals surface area contributed by atoms with Gasteiger partial charge < -0.3 is 10.4 Å². The van der Waals surface area contributed by atoms with Crippen LogP contribution in [0.5, 0.6) is 0 Å². The molecule has 0 saturated carbocycles. The fraction of sp³-hybridized carbons (Fsp3) is 0.238. The SMILES string of the molecule is CC(C)CC(Nc1nc2ccc3c(c2s1)C(=O)C(=O)c1ccccc1-3)C(=O)O. The fourth-order valence-electron chi connectivity index (χ4n) is 3.50. The number of hydrogen-bond donors (Lipinski definition) is 2. The number of carbonyl (C=O) groups excluding carboxylic acids is 2. The highest BCUT2D eigenvalue weighted by Crippen LogP contribution is 2.40. The predicted molar refractivity (Wildman–Crippen MR) is 108 cm³/mol. The summed E-state index contributed by atoms with van der Waals surface area (Å²) in [6.45, 7) is 3.90. The zero-order valence-electron chi connectivity index (χ0n) is 15.4. The topological polar surface area (TPSA) is 96.4 Å². The van der Waals surface area contributed by atoms with E-state index < -0.39 is 23.6 Å². The Morgan fingerprint density at radius 2 is 1.79 bits per heavy atom. The first-order chi connectivity index (χ1) is 13.4. The summed E-state index contributed by atoms with van der Waals surface area (Å²) >= 11 is 1.21. The molecule has 0 saturated heterocycles. The van der Waals surface area contributed by atoms with Gasteiger partial charge >= 0.3 is 5.97 Å². The van der Waals surface area contributed by atoms with E-state index in [-0.39, 0.29) is 5.92 Å². The number of rotatable bonds is 5. The molecule has 1 unspecified atom stereocenters. The molecule has 1 aliphatic rings. The normalized spacial score (nSPS) is 14.1. The van der Waals surface area contributed by atoms with E-state index >= 15 is 0 Å². The summed E-state index contributed by atoms with van der Waals surface area (Å²) in [5.41, 5.74) is 2.77. The maximum atomic E-state index is 12.8. The number of nitrogens with one attached hydrogen (secondary N) is 1. The number of fused-ring (bicyclic) bond motifs is 5. The number of carbonyl (C=O) groups is 3. The van der Waals surface area contributed by atoms with E-state index in [2.05, 4.69) is 10.3 Å². The molecule has 1 aliphatic carbocycles. The Hall–Kier alpha value is -3.06. The number of Topliss-reactive ketones (excluding diaryl/α,β-unsaturated/α-hetero) is 2. The largest absolute Gasteiger partial charge is 0.480 e. The molecular formula is C21H18N2O4S. The van der Waals surface area contributed by atoms with E-state index in [0.717, 1.165) is 5.56 Å². The molecule has 0 amide bonds. The molecule has 7 heteroatoms. The number of benzene rings is 2. The molecule has 1 atom stereocenters. The summed E-state index contributed by atoms with van der Waals surface area (Å²) < 4.78 is 0.599. The van der Waals surface area contributed by atoms with Gasteiger partial charge in [0.05, 0.1) is 15.8 Å². The van der Waals surface area contributed by atoms with Crippen molar-refractivity contribution in [3.8, 4) is 11.1 Å². The van der Waals surface area contributed by atoms with Gasteiger partial charge in [-0.15, -0.1) is 0 Å². The smallest absolute Gasteiger partial charge is 0.326 e. The molecule has 0 radical (unpaired) electrons. The fourth-order valence-corrected chi connectivity index (χ4v) is 4.56. The van der Waals surface area contributed by atoms with Gasteiger partial charge in [0.1, 0.15) is 6.04 Å². The first-order valence-corrected chi connectivity index (χ1v) is 9.79. The van der Waals surface area contributed by atoms with Crippen LogP contribution in [0.15, 0.2) is 36.4 Å². The van der Waals surface area contributed by atoms with Crippen molar-refractivity contribution in [1.82, 2.24) is 4.98 Å². The van der Waals surface area contributed by atoms with Crippen LogP contribution >= 0.6 is 11.3 Å². The predicted octanol–water partition coefficient (Wildman–Crippen LogP) is 4.25. The average Bonchev–Trinajstić information content (AvgIpc) is 3.07. The lowest BCUT2D eigenvalue weighted by atomic mass is 9.84. The Kier molecular flexibility index (Phi) is 4.47. The van der Waals surface area contributed by atoms with Crippen LogP contribution in [0, 0.1) is 5.92 Å². The van der Waals surface area contributed by atoms with Crippen LogP contribution in [0.4, 0.5) is 5.13 Å². The maximum absolute atomic E-state index is 12.8. The van der Waals surface area contributed by atoms with Crippen molar-refractivity contribution in [3.63, 3.8) is 0 Å². The molecule has 2 N–H and O–H groups in total. The monoisotopic (exact) mass is 394 g/mol. The standard InChI is InChI=1S/C21H18N2O4S/c1-10(2)9-15(20(26)27)23-21-22-14-8-7-12-11-5-3-4-6-13(11)17(24)18(25)16(12)19(14)28-21/h3-8,10,15H,9H2,1-2H3,(H,22,23)(H,26,27). The Morgan fingerprint density at radius 1 is 1.07 bits per heavy atom. The Bertz CT molecular complexity index is 1130. The third kappa shape index (κ3) is 2.97. The molecule has 0 spiro atoms. The number of carboxylic acid groups (broad SMARTS) is 1. The minimum atomic E-state index is -0.949. The molecule has 0 fully saturated rings. The number of thiazole rings is 1. The first kappa shape index (κ1) is 18.3. The maximum Gasteiger partial charge on any atom is 0.326 e. The van der Waals surface area contributed by atoms with Crippen molar-refractivity contribution in [3.05, 3.63) is 47.5 Å². The summed E-state index contributed by atoms with van der Waals surface area (Å²) in [4.78, 5) is 41.3. The number of hydrogen-bond acceptors (Lipinski definition) is 6. The Balaban J connectivity index is 1.82. The molecule has 142 valence electrons. The second-order valence-corrected chi connectivity index (χ2v) is 8.22. The minimum Gasteiger partial charge on any atom is -0.480 e. The minimum absolute atomic E-state index is 0.200. The molecule has 1 aromatic heterocycles. The molecule has 6 nitrogen and oxygen atoms in total. The van der Waals surface area contributed by atoms with E-state index in [1.807, 2.05) is 26.0 Å². The van der Waals surface area contributed by atoms with Crippen LogP contribution in [0.25, 0.3) is 21.3 Å². The quantitative estimate of drug-likeness (QED) is 0.628. The van der Waals surface area contributed by atoms with Crippen molar-refractivity contribution in [1.29, 1.82) is 0 Å². The van der Waals surface area contributed by atoms with E-state index in [1.165, 1.54) is 11.3 Å². The zero-order chi connectivity index (χ0) is 20.0. The van der Waals surface area contributed by atoms with Gasteiger partial charge in [0.25, 0.3) is 0 Å². The van der Waals surface area contributed by atoms with E-state index in [1.54, 1.807) is 24.3 Å². The van der Waals surface area contributed by atoms with Gasteiger partial charge in [-0.05, 0) is 29.5 Å². The van der Waals surface area contributed by atoms with Gasteiger partial charge in [-0.1, -0.05) is 55.5 Å². The number of aliphatic carboxylic acids is 1. The summed E-state index contributed by atoms with van der Waals surface area (Å²) in [5.74, 6) is -1.82. The van der Waals surface area contributed by atoms with E-state index in [0.29, 0.717) is 38.5 Å². The molecule has 0 bridgehead atoms. The second kappa shape index (κ2) is 6.83. The van der Waals surface area contributed by atoms with Crippen LogP contribution in [0.2, 0.25) is 0 Å². The van der Waals surface area contributed by atoms with Crippen LogP contribution in [0.1, 0.15) is 41.0 Å². The van der Waals surface area contributed by atoms with Gasteiger partial charge in [0, 0.05) is 5.56 Å². The number of ketones is 2. The average molecular weight is 394 g/mol. The van der Waals surface area contributed by atoms with E-state index in [4.69, 9.17) is 0 Å². The number of carboxylic acids is 1. The summed E-state index contributed by atoms with van der Waals surface area (Å²) in [6, 6.07) is 9.89. The van der Waals surface area contributed by atoms with Gasteiger partial charge in [-0.3, -0.25) is 9.59 Å². The van der Waals surface area contributed by atoms with Crippen LogP contribution in [-0.2, 0) is 4.79 Å². The molecule has 0 aliphatic heterocycles. The van der Waals surface area contributed by atoms with Gasteiger partial charge in [-0.25, -0.2) is 9.78 Å². The molecule has 1 heterocycles. The molecule has 3 aromatic rings. The molecular weight excluding hydrogens is 376 g/mol. The van der Waals surface area contributed by atoms with E-state index in [9.17, 15) is 19.5 Å². The molecule has 2 aromatic carbocycles. The van der Waals surface area contributed by atoms with Crippen molar-refractivity contribution >= 4 is 44.2 Å². The van der Waals surface area contributed by atoms with Crippen molar-refractivity contribution in [2.75, 3.05) is 5.32 Å². The highest BCUT2D eigenvalue weighted by atomic mass is 32.1. The third-order valence-electron chi connectivity index (χ3n) is 4.76. The third-order valence-corrected chi connectivity index (χ3v) is 5.78. The summed E-state index contributed by atoms with van der Waals surface area (Å²) in [5, 5.41) is 12.8. The molecule has 28 heavy (non-hydrogen) atoms. The van der Waals surface area contributed by atoms with Gasteiger partial charge in [0.2, 0.25) is 11.6 Å². The number of aromatic nitrogens is 1. The highest BCUT2D eigenvalue weighted by molar-refractivity contribution is 7.22. The summed E-state index contributed by atoms with van der Waals surface area (Å²) in [6.07, 6.45) is 0.453. The van der Waals surface area contributed by atoms with Crippen LogP contribution < -0.4 is 5.32 Å². The van der Waals surface area contributed by atoms with Crippen molar-refractivity contribution < 1.29 is 19.5 Å². The summed E-state index contributed by atoms with van der Waals surface area (Å²) in [7, 11) is 0. The molecule has 4 rings (SSSR count). The lowest BCUT2D eigenvalue weighted by molar-refractivity contribution is -0.138. The van der Waals surface area contributed by atoms with Crippen LogP contribution in [0.3, 0.4) is 0 Å². The Morgan fingerprint density at radius 3 is 2.46 bits per heavy atom. The highest BCUT2D eigenvalue weighted by Gasteiger charge is 2.33. The Labute approximate surface area is 165 Å². The number of nitrogens with zero attached hydrogens (tertiary/aromatic N) is 1. The van der Waals surface area contributed by atoms with Gasteiger partial charge in [0.15, 0.2) is 5.13 Å². The first-order valence-electron chi connectivity index (χ1n) is 8.98. The lowest BCUT2D eigenvalue weighted by Gasteiger charge is -2.17. The van der Waals surface area contributed by atoms with Crippen molar-refractivity contribution in [2.24, 2.45) is 5.92 Å². The van der Waals surface area contributed by atoms with Crippen LogP contribution in [-0.4, -0.2) is 33.7 Å². The van der Waals surface area contributed by atoms with Gasteiger partial charge in [-0.2, -0.15) is 0 Å².